The minimum atomic E-state index is -0.00437. The van der Waals surface area contributed by atoms with Gasteiger partial charge in [0, 0.05) is 5.56 Å². The molecule has 0 radical (unpaired) electrons. The molecule has 17 heavy (non-hydrogen) atoms. The number of benzene rings is 2. The van der Waals surface area contributed by atoms with Crippen molar-refractivity contribution in [1.29, 1.82) is 0 Å². The van der Waals surface area contributed by atoms with E-state index in [-0.39, 0.29) is 11.4 Å². The maximum atomic E-state index is 10.6. The molecule has 0 bridgehead atoms. The van der Waals surface area contributed by atoms with Crippen molar-refractivity contribution >= 4 is 17.7 Å². The number of azo groups is 1. The summed E-state index contributed by atoms with van der Waals surface area (Å²) in [5.74, 6) is -0.00437. The second-order valence-electron chi connectivity index (χ2n) is 3.40. The highest BCUT2D eigenvalue weighted by atomic mass is 16.3. The lowest BCUT2D eigenvalue weighted by Crippen LogP contribution is -1.77. The third kappa shape index (κ3) is 2.75. The Hall–Kier alpha value is -2.49. The number of phenolic OH excluding ortho intramolecular Hbond substituents is 1. The minimum Gasteiger partial charge on any atom is -0.506 e. The number of carbonyl (C=O) groups is 1. The lowest BCUT2D eigenvalue weighted by atomic mass is 10.2. The van der Waals surface area contributed by atoms with Crippen LogP contribution < -0.4 is 0 Å². The maximum Gasteiger partial charge on any atom is 0.150 e. The van der Waals surface area contributed by atoms with Crippen molar-refractivity contribution in [3.63, 3.8) is 0 Å². The van der Waals surface area contributed by atoms with Crippen LogP contribution in [0.1, 0.15) is 10.4 Å². The minimum absolute atomic E-state index is 0.00437. The lowest BCUT2D eigenvalue weighted by Gasteiger charge is -1.98. The van der Waals surface area contributed by atoms with E-state index in [1.807, 2.05) is 18.2 Å². The molecule has 0 heterocycles. The van der Waals surface area contributed by atoms with Crippen molar-refractivity contribution in [1.82, 2.24) is 0 Å². The van der Waals surface area contributed by atoms with Gasteiger partial charge in [-0.1, -0.05) is 18.2 Å². The molecule has 0 amide bonds. The second kappa shape index (κ2) is 5.03. The molecule has 0 spiro atoms. The van der Waals surface area contributed by atoms with Gasteiger partial charge in [0.15, 0.2) is 0 Å². The van der Waals surface area contributed by atoms with Crippen molar-refractivity contribution in [3.05, 3.63) is 54.1 Å². The molecular weight excluding hydrogens is 216 g/mol. The van der Waals surface area contributed by atoms with Crippen molar-refractivity contribution in [3.8, 4) is 5.75 Å². The molecule has 0 aliphatic heterocycles. The van der Waals surface area contributed by atoms with Gasteiger partial charge in [0.25, 0.3) is 0 Å². The Bertz CT molecular complexity index is 551. The van der Waals surface area contributed by atoms with Crippen LogP contribution in [0.15, 0.2) is 58.8 Å². The van der Waals surface area contributed by atoms with Crippen LogP contribution in [-0.2, 0) is 0 Å². The van der Waals surface area contributed by atoms with E-state index in [1.165, 1.54) is 18.2 Å². The summed E-state index contributed by atoms with van der Waals surface area (Å²) >= 11 is 0. The van der Waals surface area contributed by atoms with E-state index in [2.05, 4.69) is 10.2 Å². The van der Waals surface area contributed by atoms with Crippen molar-refractivity contribution in [2.45, 2.75) is 0 Å². The highest BCUT2D eigenvalue weighted by Gasteiger charge is 2.01. The molecule has 0 atom stereocenters. The van der Waals surface area contributed by atoms with E-state index in [0.29, 0.717) is 17.5 Å². The monoisotopic (exact) mass is 226 g/mol. The molecule has 4 heteroatoms. The second-order valence-corrected chi connectivity index (χ2v) is 3.40. The highest BCUT2D eigenvalue weighted by molar-refractivity contribution is 5.77. The number of rotatable bonds is 3. The van der Waals surface area contributed by atoms with Crippen LogP contribution in [0.4, 0.5) is 11.4 Å². The molecule has 0 saturated carbocycles. The molecule has 0 fully saturated rings. The number of aldehydes is 1. The average molecular weight is 226 g/mol. The molecule has 0 saturated heterocycles. The van der Waals surface area contributed by atoms with Gasteiger partial charge in [-0.15, -0.1) is 5.11 Å². The van der Waals surface area contributed by atoms with Crippen molar-refractivity contribution < 1.29 is 9.90 Å². The first-order valence-electron chi connectivity index (χ1n) is 5.04. The van der Waals surface area contributed by atoms with Gasteiger partial charge in [-0.2, -0.15) is 5.11 Å². The topological polar surface area (TPSA) is 62.0 Å². The number of hydrogen-bond donors (Lipinski definition) is 1. The van der Waals surface area contributed by atoms with E-state index in [9.17, 15) is 9.90 Å². The summed E-state index contributed by atoms with van der Waals surface area (Å²) in [6.07, 6.45) is 0.695. The predicted molar refractivity (Wildman–Crippen MR) is 64.1 cm³/mol. The summed E-state index contributed by atoms with van der Waals surface area (Å²) in [4.78, 5) is 10.6. The third-order valence-corrected chi connectivity index (χ3v) is 2.16. The number of hydrogen-bond acceptors (Lipinski definition) is 4. The van der Waals surface area contributed by atoms with E-state index in [0.717, 1.165) is 0 Å². The zero-order valence-electron chi connectivity index (χ0n) is 8.95. The Balaban J connectivity index is 2.29. The predicted octanol–water partition coefficient (Wildman–Crippen LogP) is 3.62. The molecule has 2 rings (SSSR count). The lowest BCUT2D eigenvalue weighted by molar-refractivity contribution is 0.112. The molecule has 2 aromatic carbocycles. The van der Waals surface area contributed by atoms with Gasteiger partial charge in [-0.05, 0) is 30.3 Å². The standard InChI is InChI=1S/C13H10N2O2/c16-9-10-6-7-13(17)12(8-10)15-14-11-4-2-1-3-5-11/h1-9,17H. The zero-order valence-corrected chi connectivity index (χ0v) is 8.95. The smallest absolute Gasteiger partial charge is 0.150 e. The average Bonchev–Trinajstić information content (AvgIpc) is 2.39. The van der Waals surface area contributed by atoms with Gasteiger partial charge in [-0.25, -0.2) is 0 Å². The van der Waals surface area contributed by atoms with E-state index >= 15 is 0 Å². The quantitative estimate of drug-likeness (QED) is 0.641. The Kier molecular flexibility index (Phi) is 3.25. The van der Waals surface area contributed by atoms with Crippen LogP contribution in [0.3, 0.4) is 0 Å². The Morgan fingerprint density at radius 3 is 2.47 bits per heavy atom. The third-order valence-electron chi connectivity index (χ3n) is 2.16. The fourth-order valence-electron chi connectivity index (χ4n) is 1.30. The zero-order chi connectivity index (χ0) is 12.1. The summed E-state index contributed by atoms with van der Waals surface area (Å²) < 4.78 is 0. The van der Waals surface area contributed by atoms with E-state index in [4.69, 9.17) is 0 Å². The van der Waals surface area contributed by atoms with Crippen LogP contribution in [-0.4, -0.2) is 11.4 Å². The van der Waals surface area contributed by atoms with Crippen molar-refractivity contribution in [2.75, 3.05) is 0 Å². The number of phenols is 1. The summed E-state index contributed by atoms with van der Waals surface area (Å²) in [5.41, 5.74) is 1.41. The molecule has 1 N–H and O–H groups in total. The summed E-state index contributed by atoms with van der Waals surface area (Å²) in [7, 11) is 0. The van der Waals surface area contributed by atoms with Crippen LogP contribution in [0.25, 0.3) is 0 Å². The van der Waals surface area contributed by atoms with Gasteiger partial charge < -0.3 is 5.11 Å². The maximum absolute atomic E-state index is 10.6. The summed E-state index contributed by atoms with van der Waals surface area (Å²) in [6.45, 7) is 0. The normalized spacial score (nSPS) is 10.6. The first kappa shape index (κ1) is 11.0. The van der Waals surface area contributed by atoms with Gasteiger partial charge in [0.05, 0.1) is 5.69 Å². The number of nitrogens with zero attached hydrogens (tertiary/aromatic N) is 2. The molecule has 2 aromatic rings. The summed E-state index contributed by atoms with van der Waals surface area (Å²) in [6, 6.07) is 13.6. The van der Waals surface area contributed by atoms with Crippen LogP contribution in [0.5, 0.6) is 5.75 Å². The number of aromatic hydroxyl groups is 1. The van der Waals surface area contributed by atoms with Crippen LogP contribution >= 0.6 is 0 Å². The van der Waals surface area contributed by atoms with E-state index in [1.54, 1.807) is 12.1 Å². The molecule has 84 valence electrons. The van der Waals surface area contributed by atoms with Gasteiger partial charge in [-0.3, -0.25) is 4.79 Å². The Labute approximate surface area is 98.3 Å². The SMILES string of the molecule is O=Cc1ccc(O)c(N=Nc2ccccc2)c1. The Morgan fingerprint density at radius 2 is 1.76 bits per heavy atom. The molecule has 0 unspecified atom stereocenters. The first-order chi connectivity index (χ1) is 8.29. The van der Waals surface area contributed by atoms with Crippen LogP contribution in [0.2, 0.25) is 0 Å². The largest absolute Gasteiger partial charge is 0.506 e. The molecule has 0 aromatic heterocycles. The first-order valence-corrected chi connectivity index (χ1v) is 5.04. The van der Waals surface area contributed by atoms with E-state index < -0.39 is 0 Å². The molecule has 4 nitrogen and oxygen atoms in total. The molecular formula is C13H10N2O2. The van der Waals surface area contributed by atoms with Crippen molar-refractivity contribution in [2.24, 2.45) is 10.2 Å². The van der Waals surface area contributed by atoms with Crippen LogP contribution in [0, 0.1) is 0 Å². The molecule has 0 aliphatic carbocycles. The van der Waals surface area contributed by atoms with Gasteiger partial charge >= 0.3 is 0 Å². The summed E-state index contributed by atoms with van der Waals surface area (Å²) in [5, 5.41) is 17.4. The Morgan fingerprint density at radius 1 is 1.00 bits per heavy atom. The van der Waals surface area contributed by atoms with Gasteiger partial charge in [0.2, 0.25) is 0 Å². The fourth-order valence-corrected chi connectivity index (χ4v) is 1.30. The highest BCUT2D eigenvalue weighted by Crippen LogP contribution is 2.28. The number of carbonyl (C=O) groups excluding carboxylic acids is 1. The molecule has 0 aliphatic rings. The van der Waals surface area contributed by atoms with Gasteiger partial charge in [0.1, 0.15) is 17.7 Å². The fraction of sp³-hybridized carbons (Fsp3) is 0.